The summed E-state index contributed by atoms with van der Waals surface area (Å²) in [5, 5.41) is 3.39. The summed E-state index contributed by atoms with van der Waals surface area (Å²) in [6, 6.07) is 4.35. The van der Waals surface area contributed by atoms with Gasteiger partial charge < -0.3 is 19.5 Å². The Balaban J connectivity index is 2.39. The second kappa shape index (κ2) is 8.06. The van der Waals surface area contributed by atoms with Crippen molar-refractivity contribution in [1.82, 2.24) is 10.2 Å². The van der Waals surface area contributed by atoms with Crippen LogP contribution in [-0.4, -0.2) is 52.4 Å². The number of hydrogen-bond acceptors (Lipinski definition) is 5. The van der Waals surface area contributed by atoms with Crippen molar-refractivity contribution in [3.05, 3.63) is 30.4 Å². The summed E-state index contributed by atoms with van der Waals surface area (Å²) in [6.07, 6.45) is 2.86. The number of nitrogens with one attached hydrogen (secondary N) is 1. The van der Waals surface area contributed by atoms with E-state index in [4.69, 9.17) is 14.2 Å². The molecule has 1 aliphatic heterocycles. The van der Waals surface area contributed by atoms with Crippen LogP contribution in [0.2, 0.25) is 0 Å². The third-order valence-electron chi connectivity index (χ3n) is 4.05. The second-order valence-corrected chi connectivity index (χ2v) is 5.28. The molecule has 5 heteroatoms. The van der Waals surface area contributed by atoms with Gasteiger partial charge in [-0.15, -0.1) is 6.58 Å². The maximum absolute atomic E-state index is 5.47. The third-order valence-corrected chi connectivity index (χ3v) is 4.05. The molecule has 122 valence electrons. The fourth-order valence-electron chi connectivity index (χ4n) is 2.94. The first kappa shape index (κ1) is 16.6. The molecule has 1 atom stereocenters. The molecule has 0 bridgehead atoms. The van der Waals surface area contributed by atoms with Crippen molar-refractivity contribution >= 4 is 0 Å². The van der Waals surface area contributed by atoms with E-state index in [1.54, 1.807) is 21.3 Å². The smallest absolute Gasteiger partial charge is 0.203 e. The summed E-state index contributed by atoms with van der Waals surface area (Å²) >= 11 is 0. The molecule has 2 rings (SSSR count). The largest absolute Gasteiger partial charge is 0.493 e. The van der Waals surface area contributed by atoms with Crippen LogP contribution in [0.25, 0.3) is 0 Å². The lowest BCUT2D eigenvalue weighted by atomic mass is 10.00. The first-order valence-electron chi connectivity index (χ1n) is 7.60. The zero-order chi connectivity index (χ0) is 15.9. The summed E-state index contributed by atoms with van der Waals surface area (Å²) < 4.78 is 16.4. The SMILES string of the molecule is C=CC[C@@H](c1cc(OC)c(OC)c(OC)c1)N1CCNCC1. The Bertz CT molecular complexity index is 474. The van der Waals surface area contributed by atoms with Crippen molar-refractivity contribution in [3.63, 3.8) is 0 Å². The third kappa shape index (κ3) is 3.54. The normalized spacial score (nSPS) is 16.9. The van der Waals surface area contributed by atoms with Crippen LogP contribution in [0.4, 0.5) is 0 Å². The highest BCUT2D eigenvalue weighted by Gasteiger charge is 2.24. The van der Waals surface area contributed by atoms with Crippen molar-refractivity contribution in [2.45, 2.75) is 12.5 Å². The fourth-order valence-corrected chi connectivity index (χ4v) is 2.94. The van der Waals surface area contributed by atoms with Crippen LogP contribution in [-0.2, 0) is 0 Å². The van der Waals surface area contributed by atoms with Crippen LogP contribution in [0.1, 0.15) is 18.0 Å². The monoisotopic (exact) mass is 306 g/mol. The van der Waals surface area contributed by atoms with Gasteiger partial charge in [0.2, 0.25) is 5.75 Å². The van der Waals surface area contributed by atoms with Crippen molar-refractivity contribution in [2.75, 3.05) is 47.5 Å². The van der Waals surface area contributed by atoms with E-state index < -0.39 is 0 Å². The highest BCUT2D eigenvalue weighted by Crippen LogP contribution is 2.41. The predicted molar refractivity (Wildman–Crippen MR) is 88.1 cm³/mol. The van der Waals surface area contributed by atoms with Crippen LogP contribution >= 0.6 is 0 Å². The molecule has 22 heavy (non-hydrogen) atoms. The van der Waals surface area contributed by atoms with Crippen molar-refractivity contribution in [3.8, 4) is 17.2 Å². The highest BCUT2D eigenvalue weighted by atomic mass is 16.5. The van der Waals surface area contributed by atoms with E-state index in [1.807, 2.05) is 18.2 Å². The van der Waals surface area contributed by atoms with Gasteiger partial charge in [-0.25, -0.2) is 0 Å². The van der Waals surface area contributed by atoms with Gasteiger partial charge in [-0.05, 0) is 24.1 Å². The second-order valence-electron chi connectivity index (χ2n) is 5.28. The minimum atomic E-state index is 0.272. The molecule has 1 N–H and O–H groups in total. The van der Waals surface area contributed by atoms with Gasteiger partial charge in [0.1, 0.15) is 0 Å². The Labute approximate surface area is 132 Å². The number of piperazine rings is 1. The Morgan fingerprint density at radius 1 is 1.14 bits per heavy atom. The first-order valence-corrected chi connectivity index (χ1v) is 7.60. The molecule has 0 radical (unpaired) electrons. The molecule has 1 fully saturated rings. The van der Waals surface area contributed by atoms with E-state index in [-0.39, 0.29) is 6.04 Å². The highest BCUT2D eigenvalue weighted by molar-refractivity contribution is 5.54. The minimum Gasteiger partial charge on any atom is -0.493 e. The maximum atomic E-state index is 5.47. The van der Waals surface area contributed by atoms with Gasteiger partial charge in [0.15, 0.2) is 11.5 Å². The van der Waals surface area contributed by atoms with Crippen molar-refractivity contribution < 1.29 is 14.2 Å². The molecule has 0 unspecified atom stereocenters. The number of methoxy groups -OCH3 is 3. The molecule has 1 aromatic carbocycles. The average Bonchev–Trinajstić information content (AvgIpc) is 2.59. The molecule has 1 aliphatic rings. The quantitative estimate of drug-likeness (QED) is 0.783. The molecule has 1 saturated heterocycles. The molecule has 0 amide bonds. The summed E-state index contributed by atoms with van der Waals surface area (Å²) in [7, 11) is 4.92. The zero-order valence-electron chi connectivity index (χ0n) is 13.7. The summed E-state index contributed by atoms with van der Waals surface area (Å²) in [5.74, 6) is 2.02. The Kier molecular flexibility index (Phi) is 6.10. The predicted octanol–water partition coefficient (Wildman–Crippen LogP) is 2.23. The number of nitrogens with zero attached hydrogens (tertiary/aromatic N) is 1. The van der Waals surface area contributed by atoms with E-state index >= 15 is 0 Å². The van der Waals surface area contributed by atoms with Gasteiger partial charge in [0.05, 0.1) is 21.3 Å². The molecule has 0 aromatic heterocycles. The van der Waals surface area contributed by atoms with Gasteiger partial charge in [0, 0.05) is 32.2 Å². The van der Waals surface area contributed by atoms with E-state index in [0.29, 0.717) is 17.2 Å². The number of hydrogen-bond donors (Lipinski definition) is 1. The maximum Gasteiger partial charge on any atom is 0.203 e. The lowest BCUT2D eigenvalue weighted by Gasteiger charge is -2.35. The number of benzene rings is 1. The van der Waals surface area contributed by atoms with Gasteiger partial charge in [-0.2, -0.15) is 0 Å². The van der Waals surface area contributed by atoms with E-state index in [1.165, 1.54) is 0 Å². The number of rotatable bonds is 7. The average molecular weight is 306 g/mol. The molecular weight excluding hydrogens is 280 g/mol. The molecule has 5 nitrogen and oxygen atoms in total. The van der Waals surface area contributed by atoms with E-state index in [9.17, 15) is 0 Å². The van der Waals surface area contributed by atoms with E-state index in [2.05, 4.69) is 16.8 Å². The lowest BCUT2D eigenvalue weighted by molar-refractivity contribution is 0.174. The Hall–Kier alpha value is -1.72. The number of ether oxygens (including phenoxy) is 3. The summed E-state index contributed by atoms with van der Waals surface area (Å²) in [4.78, 5) is 2.47. The summed E-state index contributed by atoms with van der Waals surface area (Å²) in [6.45, 7) is 7.98. The first-order chi connectivity index (χ1) is 10.7. The van der Waals surface area contributed by atoms with Gasteiger partial charge in [0.25, 0.3) is 0 Å². The molecule has 0 spiro atoms. The Morgan fingerprint density at radius 3 is 2.18 bits per heavy atom. The van der Waals surface area contributed by atoms with Crippen LogP contribution in [0.15, 0.2) is 24.8 Å². The van der Waals surface area contributed by atoms with Crippen molar-refractivity contribution in [2.24, 2.45) is 0 Å². The van der Waals surface area contributed by atoms with Crippen molar-refractivity contribution in [1.29, 1.82) is 0 Å². The summed E-state index contributed by atoms with van der Waals surface area (Å²) in [5.41, 5.74) is 1.16. The molecule has 1 heterocycles. The van der Waals surface area contributed by atoms with E-state index in [0.717, 1.165) is 38.2 Å². The van der Waals surface area contributed by atoms with Crippen LogP contribution in [0.5, 0.6) is 17.2 Å². The molecule has 1 aromatic rings. The van der Waals surface area contributed by atoms with Crippen LogP contribution < -0.4 is 19.5 Å². The van der Waals surface area contributed by atoms with Crippen LogP contribution in [0, 0.1) is 0 Å². The Morgan fingerprint density at radius 2 is 1.73 bits per heavy atom. The topological polar surface area (TPSA) is 43.0 Å². The standard InChI is InChI=1S/C17H26N2O3/c1-5-6-14(19-9-7-18-8-10-19)13-11-15(20-2)17(22-4)16(12-13)21-3/h5,11-12,14,18H,1,6-10H2,2-4H3/t14-/m0/s1. The fraction of sp³-hybridized carbons (Fsp3) is 0.529. The molecule has 0 aliphatic carbocycles. The van der Waals surface area contributed by atoms with Gasteiger partial charge in [-0.1, -0.05) is 6.08 Å². The molecule has 0 saturated carbocycles. The van der Waals surface area contributed by atoms with Gasteiger partial charge in [-0.3, -0.25) is 4.90 Å². The lowest BCUT2D eigenvalue weighted by Crippen LogP contribution is -2.45. The zero-order valence-corrected chi connectivity index (χ0v) is 13.7. The van der Waals surface area contributed by atoms with Gasteiger partial charge >= 0.3 is 0 Å². The molecular formula is C17H26N2O3. The minimum absolute atomic E-state index is 0.272. The van der Waals surface area contributed by atoms with Crippen LogP contribution in [0.3, 0.4) is 0 Å².